The average Bonchev–Trinajstić information content (AvgIpc) is 2.99. The third-order valence-electron chi connectivity index (χ3n) is 2.68. The van der Waals surface area contributed by atoms with E-state index in [9.17, 15) is 4.79 Å². The van der Waals surface area contributed by atoms with Crippen LogP contribution in [0.1, 0.15) is 24.8 Å². The predicted molar refractivity (Wildman–Crippen MR) is 61.6 cm³/mol. The van der Waals surface area contributed by atoms with Crippen LogP contribution in [0.25, 0.3) is 0 Å². The lowest BCUT2D eigenvalue weighted by molar-refractivity contribution is -0.144. The van der Waals surface area contributed by atoms with Gasteiger partial charge in [-0.2, -0.15) is 0 Å². The smallest absolute Gasteiger partial charge is 0.309 e. The maximum absolute atomic E-state index is 11.4. The van der Waals surface area contributed by atoms with Crippen molar-refractivity contribution in [2.75, 3.05) is 6.61 Å². The van der Waals surface area contributed by atoms with Crippen molar-refractivity contribution in [2.24, 2.45) is 5.92 Å². The van der Waals surface area contributed by atoms with Crippen molar-refractivity contribution >= 4 is 21.9 Å². The van der Waals surface area contributed by atoms with Gasteiger partial charge in [0.1, 0.15) is 0 Å². The van der Waals surface area contributed by atoms with Crippen LogP contribution in [0, 0.1) is 5.92 Å². The second-order valence-electron chi connectivity index (χ2n) is 3.75. The molecule has 1 aromatic rings. The molecule has 80 valence electrons. The summed E-state index contributed by atoms with van der Waals surface area (Å²) in [4.78, 5) is 11.4. The highest BCUT2D eigenvalue weighted by atomic mass is 79.9. The third-order valence-corrected chi connectivity index (χ3v) is 3.21. The standard InChI is InChI=1S/C12H13BrO2/c1-2-15-12(14)11-7-10(11)8-3-5-9(13)6-4-8/h3-6,10-11H,2,7H2,1H3. The number of ether oxygens (including phenoxy) is 1. The molecule has 0 aromatic heterocycles. The van der Waals surface area contributed by atoms with Crippen LogP contribution in [0.5, 0.6) is 0 Å². The molecule has 0 saturated heterocycles. The minimum absolute atomic E-state index is 0.0505. The molecule has 1 saturated carbocycles. The van der Waals surface area contributed by atoms with Gasteiger partial charge in [-0.25, -0.2) is 0 Å². The van der Waals surface area contributed by atoms with Crippen LogP contribution in [0.2, 0.25) is 0 Å². The van der Waals surface area contributed by atoms with E-state index in [1.54, 1.807) is 0 Å². The number of esters is 1. The third kappa shape index (κ3) is 2.40. The van der Waals surface area contributed by atoms with Gasteiger partial charge in [0, 0.05) is 4.47 Å². The first kappa shape index (κ1) is 10.7. The summed E-state index contributed by atoms with van der Waals surface area (Å²) in [5, 5.41) is 0. The Balaban J connectivity index is 1.98. The Hall–Kier alpha value is -0.830. The molecule has 2 unspecified atom stereocenters. The zero-order chi connectivity index (χ0) is 10.8. The molecule has 1 aliphatic carbocycles. The Morgan fingerprint density at radius 1 is 1.47 bits per heavy atom. The normalized spacial score (nSPS) is 23.6. The molecule has 0 heterocycles. The fourth-order valence-corrected chi connectivity index (χ4v) is 2.05. The minimum Gasteiger partial charge on any atom is -0.466 e. The van der Waals surface area contributed by atoms with E-state index in [-0.39, 0.29) is 11.9 Å². The largest absolute Gasteiger partial charge is 0.466 e. The number of carbonyl (C=O) groups excluding carboxylic acids is 1. The molecule has 2 rings (SSSR count). The Morgan fingerprint density at radius 3 is 2.73 bits per heavy atom. The first-order valence-electron chi connectivity index (χ1n) is 5.14. The number of halogens is 1. The number of hydrogen-bond donors (Lipinski definition) is 0. The lowest BCUT2D eigenvalue weighted by atomic mass is 10.1. The van der Waals surface area contributed by atoms with E-state index in [0.717, 1.165) is 10.9 Å². The maximum Gasteiger partial charge on any atom is 0.309 e. The van der Waals surface area contributed by atoms with Crippen molar-refractivity contribution in [1.82, 2.24) is 0 Å². The Labute approximate surface area is 97.8 Å². The first-order chi connectivity index (χ1) is 7.22. The van der Waals surface area contributed by atoms with Crippen LogP contribution in [0.3, 0.4) is 0 Å². The van der Waals surface area contributed by atoms with Crippen molar-refractivity contribution in [1.29, 1.82) is 0 Å². The lowest BCUT2D eigenvalue weighted by Crippen LogP contribution is -2.07. The minimum atomic E-state index is -0.0505. The lowest BCUT2D eigenvalue weighted by Gasteiger charge is -2.01. The Kier molecular flexibility index (Phi) is 3.10. The van der Waals surface area contributed by atoms with Gasteiger partial charge in [0.05, 0.1) is 12.5 Å². The molecule has 0 amide bonds. The molecule has 0 radical (unpaired) electrons. The van der Waals surface area contributed by atoms with Gasteiger partial charge < -0.3 is 4.74 Å². The van der Waals surface area contributed by atoms with E-state index in [2.05, 4.69) is 28.1 Å². The summed E-state index contributed by atoms with van der Waals surface area (Å²) in [5.41, 5.74) is 1.23. The molecule has 0 spiro atoms. The fraction of sp³-hybridized carbons (Fsp3) is 0.417. The summed E-state index contributed by atoms with van der Waals surface area (Å²) in [7, 11) is 0. The Bertz CT molecular complexity index is 358. The average molecular weight is 269 g/mol. The zero-order valence-electron chi connectivity index (χ0n) is 8.57. The van der Waals surface area contributed by atoms with Gasteiger partial charge >= 0.3 is 5.97 Å². The van der Waals surface area contributed by atoms with Gasteiger partial charge in [0.2, 0.25) is 0 Å². The van der Waals surface area contributed by atoms with E-state index in [1.165, 1.54) is 5.56 Å². The molecule has 2 nitrogen and oxygen atoms in total. The van der Waals surface area contributed by atoms with Gasteiger partial charge in [-0.05, 0) is 37.0 Å². The van der Waals surface area contributed by atoms with Crippen molar-refractivity contribution in [2.45, 2.75) is 19.3 Å². The van der Waals surface area contributed by atoms with Crippen LogP contribution in [0.4, 0.5) is 0 Å². The van der Waals surface area contributed by atoms with E-state index in [4.69, 9.17) is 4.74 Å². The monoisotopic (exact) mass is 268 g/mol. The summed E-state index contributed by atoms with van der Waals surface area (Å²) < 4.78 is 6.06. The molecule has 0 N–H and O–H groups in total. The number of rotatable bonds is 3. The highest BCUT2D eigenvalue weighted by molar-refractivity contribution is 9.10. The summed E-state index contributed by atoms with van der Waals surface area (Å²) in [6, 6.07) is 8.15. The molecule has 0 aliphatic heterocycles. The molecule has 3 heteroatoms. The van der Waals surface area contributed by atoms with Crippen LogP contribution in [0.15, 0.2) is 28.7 Å². The summed E-state index contributed by atoms with van der Waals surface area (Å²) in [6.07, 6.45) is 0.931. The number of benzene rings is 1. The van der Waals surface area contributed by atoms with Gasteiger partial charge in [0.25, 0.3) is 0 Å². The summed E-state index contributed by atoms with van der Waals surface area (Å²) in [6.45, 7) is 2.32. The SMILES string of the molecule is CCOC(=O)C1CC1c1ccc(Br)cc1. The van der Waals surface area contributed by atoms with E-state index >= 15 is 0 Å². The molecular formula is C12H13BrO2. The molecule has 15 heavy (non-hydrogen) atoms. The van der Waals surface area contributed by atoms with Crippen LogP contribution < -0.4 is 0 Å². The molecular weight excluding hydrogens is 256 g/mol. The van der Waals surface area contributed by atoms with E-state index < -0.39 is 0 Å². The molecule has 1 fully saturated rings. The van der Waals surface area contributed by atoms with Crippen molar-refractivity contribution in [3.05, 3.63) is 34.3 Å². The zero-order valence-corrected chi connectivity index (χ0v) is 10.2. The molecule has 1 aliphatic rings. The van der Waals surface area contributed by atoms with Crippen molar-refractivity contribution in [3.63, 3.8) is 0 Å². The Morgan fingerprint density at radius 2 is 2.13 bits per heavy atom. The van der Waals surface area contributed by atoms with Crippen molar-refractivity contribution in [3.8, 4) is 0 Å². The first-order valence-corrected chi connectivity index (χ1v) is 5.93. The quantitative estimate of drug-likeness (QED) is 0.788. The van der Waals surface area contributed by atoms with Crippen LogP contribution >= 0.6 is 15.9 Å². The highest BCUT2D eigenvalue weighted by Crippen LogP contribution is 2.48. The second-order valence-corrected chi connectivity index (χ2v) is 4.67. The van der Waals surface area contributed by atoms with Crippen molar-refractivity contribution < 1.29 is 9.53 Å². The molecule has 2 atom stereocenters. The highest BCUT2D eigenvalue weighted by Gasteiger charge is 2.44. The van der Waals surface area contributed by atoms with Crippen LogP contribution in [-0.2, 0) is 9.53 Å². The van der Waals surface area contributed by atoms with Crippen LogP contribution in [-0.4, -0.2) is 12.6 Å². The van der Waals surface area contributed by atoms with Gasteiger partial charge in [-0.15, -0.1) is 0 Å². The topological polar surface area (TPSA) is 26.3 Å². The fourth-order valence-electron chi connectivity index (χ4n) is 1.78. The van der Waals surface area contributed by atoms with Gasteiger partial charge in [-0.3, -0.25) is 4.79 Å². The van der Waals surface area contributed by atoms with Gasteiger partial charge in [0.15, 0.2) is 0 Å². The predicted octanol–water partition coefficient (Wildman–Crippen LogP) is 3.12. The van der Waals surface area contributed by atoms with E-state index in [0.29, 0.717) is 12.5 Å². The molecule has 0 bridgehead atoms. The summed E-state index contributed by atoms with van der Waals surface area (Å²) >= 11 is 3.39. The molecule has 1 aromatic carbocycles. The number of carbonyl (C=O) groups is 1. The maximum atomic E-state index is 11.4. The number of hydrogen-bond acceptors (Lipinski definition) is 2. The van der Waals surface area contributed by atoms with E-state index in [1.807, 2.05) is 19.1 Å². The second kappa shape index (κ2) is 4.35. The van der Waals surface area contributed by atoms with Gasteiger partial charge in [-0.1, -0.05) is 28.1 Å². The summed E-state index contributed by atoms with van der Waals surface area (Å²) in [5.74, 6) is 0.411.